The van der Waals surface area contributed by atoms with Gasteiger partial charge in [-0.2, -0.15) is 0 Å². The fourth-order valence-corrected chi connectivity index (χ4v) is 4.61. The van der Waals surface area contributed by atoms with Crippen molar-refractivity contribution < 1.29 is 14.0 Å². The Hall–Kier alpha value is -1.88. The largest absolute Gasteiger partial charge is 0.465 e. The minimum absolute atomic E-state index is 0.0326. The molecule has 3 rings (SSSR count). The van der Waals surface area contributed by atoms with Crippen LogP contribution in [0.1, 0.15) is 78.4 Å². The zero-order valence-electron chi connectivity index (χ0n) is 16.0. The van der Waals surface area contributed by atoms with Crippen molar-refractivity contribution in [2.24, 2.45) is 5.41 Å². The number of thiophene rings is 1. The second-order valence-electron chi connectivity index (χ2n) is 7.98. The molecule has 0 saturated heterocycles. The molecule has 0 aromatic carbocycles. The van der Waals surface area contributed by atoms with E-state index in [1.165, 1.54) is 4.88 Å². The average Bonchev–Trinajstić information content (AvgIpc) is 3.14. The normalized spacial score (nSPS) is 17.0. The van der Waals surface area contributed by atoms with Gasteiger partial charge in [0.1, 0.15) is 11.5 Å². The lowest BCUT2D eigenvalue weighted by atomic mass is 9.75. The van der Waals surface area contributed by atoms with Crippen molar-refractivity contribution in [1.29, 1.82) is 0 Å². The number of Topliss-reactive ketones (excluding diaryl/α,β-unsaturated/α-hetero) is 1. The first-order chi connectivity index (χ1) is 12.3. The zero-order chi connectivity index (χ0) is 18.9. The van der Waals surface area contributed by atoms with Crippen molar-refractivity contribution in [3.63, 3.8) is 0 Å². The van der Waals surface area contributed by atoms with Crippen LogP contribution in [0.4, 0.5) is 0 Å². The molecule has 26 heavy (non-hydrogen) atoms. The van der Waals surface area contributed by atoms with Gasteiger partial charge in [0, 0.05) is 23.3 Å². The van der Waals surface area contributed by atoms with Gasteiger partial charge in [0.2, 0.25) is 5.91 Å². The maximum Gasteiger partial charge on any atom is 0.225 e. The molecule has 2 aromatic heterocycles. The average molecular weight is 374 g/mol. The number of ketones is 1. The number of rotatable bonds is 6. The Balaban J connectivity index is 1.78. The summed E-state index contributed by atoms with van der Waals surface area (Å²) in [5, 5.41) is 5.17. The molecule has 4 nitrogen and oxygen atoms in total. The highest BCUT2D eigenvalue weighted by molar-refractivity contribution is 7.10. The van der Waals surface area contributed by atoms with E-state index in [9.17, 15) is 9.59 Å². The molecule has 2 heterocycles. The maximum atomic E-state index is 12.7. The fraction of sp³-hybridized carbons (Fsp3) is 0.524. The number of carbonyl (C=O) groups excluding carboxylic acids is 2. The highest BCUT2D eigenvalue weighted by Crippen LogP contribution is 2.38. The smallest absolute Gasteiger partial charge is 0.225 e. The van der Waals surface area contributed by atoms with Gasteiger partial charge in [-0.25, -0.2) is 0 Å². The van der Waals surface area contributed by atoms with Crippen molar-refractivity contribution in [2.75, 3.05) is 0 Å². The van der Waals surface area contributed by atoms with Gasteiger partial charge in [-0.15, -0.1) is 11.3 Å². The van der Waals surface area contributed by atoms with Crippen LogP contribution in [-0.2, 0) is 17.6 Å². The van der Waals surface area contributed by atoms with E-state index in [0.29, 0.717) is 17.7 Å². The summed E-state index contributed by atoms with van der Waals surface area (Å²) in [5.41, 5.74) is 1.33. The van der Waals surface area contributed by atoms with Gasteiger partial charge < -0.3 is 9.73 Å². The molecule has 1 aliphatic rings. The SMILES string of the molecule is CCC[C@H](NC(=O)Cc1c(C)oc2c1C(=O)CC(C)(C)C2)c1cccs1. The number of hydrogen-bond donors (Lipinski definition) is 1. The number of furan rings is 1. The standard InChI is InChI=1S/C21H27NO3S/c1-5-7-15(18-8-6-9-26-18)22-19(24)10-14-13(2)25-17-12-21(3,4)11-16(23)20(14)17/h6,8-9,15H,5,7,10-12H2,1-4H3,(H,22,24)/t15-/m0/s1. The monoisotopic (exact) mass is 373 g/mol. The maximum absolute atomic E-state index is 12.7. The highest BCUT2D eigenvalue weighted by Gasteiger charge is 2.36. The van der Waals surface area contributed by atoms with Crippen molar-refractivity contribution in [1.82, 2.24) is 5.32 Å². The summed E-state index contributed by atoms with van der Waals surface area (Å²) < 4.78 is 5.87. The third-order valence-corrected chi connectivity index (χ3v) is 5.96. The number of aryl methyl sites for hydroxylation is 1. The minimum atomic E-state index is -0.0840. The quantitative estimate of drug-likeness (QED) is 0.775. The number of fused-ring (bicyclic) bond motifs is 1. The van der Waals surface area contributed by atoms with Gasteiger partial charge in [-0.1, -0.05) is 33.3 Å². The van der Waals surface area contributed by atoms with Crippen LogP contribution in [0, 0.1) is 12.3 Å². The van der Waals surface area contributed by atoms with Gasteiger partial charge in [-0.05, 0) is 30.2 Å². The molecule has 0 unspecified atom stereocenters. The van der Waals surface area contributed by atoms with Crippen LogP contribution < -0.4 is 5.32 Å². The Morgan fingerprint density at radius 3 is 2.81 bits per heavy atom. The molecule has 0 fully saturated rings. The lowest BCUT2D eigenvalue weighted by Gasteiger charge is -2.27. The Morgan fingerprint density at radius 2 is 2.15 bits per heavy atom. The second kappa shape index (κ2) is 7.39. The predicted octanol–water partition coefficient (Wildman–Crippen LogP) is 5.00. The number of hydrogen-bond acceptors (Lipinski definition) is 4. The lowest BCUT2D eigenvalue weighted by molar-refractivity contribution is -0.121. The number of nitrogens with one attached hydrogen (secondary N) is 1. The summed E-state index contributed by atoms with van der Waals surface area (Å²) in [4.78, 5) is 26.5. The Morgan fingerprint density at radius 1 is 1.38 bits per heavy atom. The molecule has 1 amide bonds. The zero-order valence-corrected chi connectivity index (χ0v) is 16.8. The van der Waals surface area contributed by atoms with E-state index in [0.717, 1.165) is 30.6 Å². The first kappa shape index (κ1) is 18.9. The molecule has 0 spiro atoms. The summed E-state index contributed by atoms with van der Waals surface area (Å²) >= 11 is 1.66. The van der Waals surface area contributed by atoms with Crippen LogP contribution in [0.3, 0.4) is 0 Å². The Bertz CT molecular complexity index is 802. The molecular weight excluding hydrogens is 346 g/mol. The van der Waals surface area contributed by atoms with Crippen molar-refractivity contribution in [2.45, 2.75) is 65.8 Å². The summed E-state index contributed by atoms with van der Waals surface area (Å²) in [6.07, 6.45) is 3.34. The minimum Gasteiger partial charge on any atom is -0.465 e. The van der Waals surface area contributed by atoms with E-state index in [1.54, 1.807) is 11.3 Å². The summed E-state index contributed by atoms with van der Waals surface area (Å²) in [5.74, 6) is 1.48. The van der Waals surface area contributed by atoms with E-state index in [-0.39, 0.29) is 29.6 Å². The molecule has 1 aliphatic carbocycles. The molecule has 140 valence electrons. The van der Waals surface area contributed by atoms with Crippen molar-refractivity contribution in [3.05, 3.63) is 45.0 Å². The molecule has 0 saturated carbocycles. The first-order valence-corrected chi connectivity index (χ1v) is 10.2. The molecule has 0 bridgehead atoms. The van der Waals surface area contributed by atoms with Gasteiger partial charge in [0.05, 0.1) is 18.0 Å². The van der Waals surface area contributed by atoms with Gasteiger partial charge in [-0.3, -0.25) is 9.59 Å². The second-order valence-corrected chi connectivity index (χ2v) is 8.96. The lowest BCUT2D eigenvalue weighted by Crippen LogP contribution is -2.31. The van der Waals surface area contributed by atoms with Gasteiger partial charge in [0.15, 0.2) is 5.78 Å². The van der Waals surface area contributed by atoms with Crippen molar-refractivity contribution >= 4 is 23.0 Å². The van der Waals surface area contributed by atoms with E-state index < -0.39 is 0 Å². The summed E-state index contributed by atoms with van der Waals surface area (Å²) in [6, 6.07) is 4.10. The topological polar surface area (TPSA) is 59.3 Å². The van der Waals surface area contributed by atoms with Gasteiger partial charge in [0.25, 0.3) is 0 Å². The van der Waals surface area contributed by atoms with Crippen LogP contribution >= 0.6 is 11.3 Å². The van der Waals surface area contributed by atoms with E-state index in [2.05, 4.69) is 32.2 Å². The third kappa shape index (κ3) is 3.93. The van der Waals surface area contributed by atoms with E-state index in [4.69, 9.17) is 4.42 Å². The molecule has 0 aliphatic heterocycles. The van der Waals surface area contributed by atoms with Crippen molar-refractivity contribution in [3.8, 4) is 0 Å². The Kier molecular flexibility index (Phi) is 5.37. The summed E-state index contributed by atoms with van der Waals surface area (Å²) in [6.45, 7) is 8.12. The van der Waals surface area contributed by atoms with Crippen LogP contribution in [-0.4, -0.2) is 11.7 Å². The Labute approximate surface area is 159 Å². The predicted molar refractivity (Wildman–Crippen MR) is 104 cm³/mol. The molecular formula is C21H27NO3S. The summed E-state index contributed by atoms with van der Waals surface area (Å²) in [7, 11) is 0. The molecule has 1 N–H and O–H groups in total. The van der Waals surface area contributed by atoms with Crippen LogP contribution in [0.25, 0.3) is 0 Å². The third-order valence-electron chi connectivity index (χ3n) is 4.98. The molecule has 0 radical (unpaired) electrons. The molecule has 5 heteroatoms. The number of carbonyl (C=O) groups is 2. The van der Waals surface area contributed by atoms with E-state index in [1.807, 2.05) is 18.4 Å². The molecule has 2 aromatic rings. The highest BCUT2D eigenvalue weighted by atomic mass is 32.1. The number of amides is 1. The molecule has 1 atom stereocenters. The fourth-order valence-electron chi connectivity index (χ4n) is 3.79. The van der Waals surface area contributed by atoms with Gasteiger partial charge >= 0.3 is 0 Å². The van der Waals surface area contributed by atoms with E-state index >= 15 is 0 Å². The van der Waals surface area contributed by atoms with Crippen LogP contribution in [0.2, 0.25) is 0 Å². The van der Waals surface area contributed by atoms with Crippen LogP contribution in [0.5, 0.6) is 0 Å². The van der Waals surface area contributed by atoms with Crippen LogP contribution in [0.15, 0.2) is 21.9 Å². The first-order valence-electron chi connectivity index (χ1n) is 9.28.